The molecule has 0 saturated carbocycles. The van der Waals surface area contributed by atoms with Crippen LogP contribution >= 0.6 is 0 Å². The molecule has 0 spiro atoms. The first-order chi connectivity index (χ1) is 8.52. The van der Waals surface area contributed by atoms with Crippen LogP contribution in [0.1, 0.15) is 12.0 Å². The summed E-state index contributed by atoms with van der Waals surface area (Å²) in [4.78, 5) is 0.199. The normalized spacial score (nSPS) is 11.4. The van der Waals surface area contributed by atoms with E-state index in [2.05, 4.69) is 0 Å². The molecule has 0 fully saturated rings. The van der Waals surface area contributed by atoms with Crippen LogP contribution in [-0.4, -0.2) is 38.0 Å². The standard InChI is InChI=1S/C12H16N2O3S/c1-14(9-2-10-15)18(16,17)12-5-3-11(4-6-12)7-8-13/h3-6,15H,2,7,9-10H2,1H3. The smallest absolute Gasteiger partial charge is 0.242 e. The SMILES string of the molecule is CN(CCCO)S(=O)(=O)c1ccc(CC#N)cc1. The molecule has 0 unspecified atom stereocenters. The molecular weight excluding hydrogens is 252 g/mol. The van der Waals surface area contributed by atoms with Crippen molar-refractivity contribution in [1.29, 1.82) is 5.26 Å². The Bertz CT molecular complexity index is 517. The maximum Gasteiger partial charge on any atom is 0.242 e. The number of rotatable bonds is 6. The Morgan fingerprint density at radius 3 is 2.44 bits per heavy atom. The van der Waals surface area contributed by atoms with E-state index >= 15 is 0 Å². The van der Waals surface area contributed by atoms with Gasteiger partial charge in [-0.05, 0) is 24.1 Å². The zero-order valence-corrected chi connectivity index (χ0v) is 11.0. The summed E-state index contributed by atoms with van der Waals surface area (Å²) in [5.41, 5.74) is 0.787. The van der Waals surface area contributed by atoms with E-state index < -0.39 is 10.0 Å². The lowest BCUT2D eigenvalue weighted by atomic mass is 10.2. The van der Waals surface area contributed by atoms with Gasteiger partial charge in [-0.1, -0.05) is 12.1 Å². The molecule has 1 N–H and O–H groups in total. The predicted octanol–water partition coefficient (Wildman–Crippen LogP) is 0.756. The number of nitriles is 1. The number of aliphatic hydroxyl groups is 1. The van der Waals surface area contributed by atoms with Crippen LogP contribution in [0.25, 0.3) is 0 Å². The molecule has 5 nitrogen and oxygen atoms in total. The molecule has 98 valence electrons. The van der Waals surface area contributed by atoms with Crippen LogP contribution in [0.4, 0.5) is 0 Å². The molecule has 1 aromatic rings. The summed E-state index contributed by atoms with van der Waals surface area (Å²) in [5.74, 6) is 0. The summed E-state index contributed by atoms with van der Waals surface area (Å²) in [6, 6.07) is 8.27. The summed E-state index contributed by atoms with van der Waals surface area (Å²) in [6.45, 7) is 0.236. The van der Waals surface area contributed by atoms with Gasteiger partial charge in [-0.15, -0.1) is 0 Å². The second-order valence-corrected chi connectivity index (χ2v) is 5.93. The minimum absolute atomic E-state index is 0.0407. The predicted molar refractivity (Wildman–Crippen MR) is 67.3 cm³/mol. The van der Waals surface area contributed by atoms with Gasteiger partial charge in [0.25, 0.3) is 0 Å². The number of aliphatic hydroxyl groups excluding tert-OH is 1. The van der Waals surface area contributed by atoms with Crippen molar-refractivity contribution in [3.63, 3.8) is 0 Å². The molecule has 0 saturated heterocycles. The van der Waals surface area contributed by atoms with Crippen molar-refractivity contribution in [1.82, 2.24) is 4.31 Å². The molecule has 0 heterocycles. The van der Waals surface area contributed by atoms with Crippen molar-refractivity contribution in [2.45, 2.75) is 17.7 Å². The fourth-order valence-electron chi connectivity index (χ4n) is 1.46. The zero-order chi connectivity index (χ0) is 13.6. The lowest BCUT2D eigenvalue weighted by Gasteiger charge is -2.16. The minimum atomic E-state index is -3.50. The maximum atomic E-state index is 12.1. The van der Waals surface area contributed by atoms with Crippen LogP contribution in [0.3, 0.4) is 0 Å². The highest BCUT2D eigenvalue weighted by molar-refractivity contribution is 7.89. The van der Waals surface area contributed by atoms with Crippen LogP contribution in [0.5, 0.6) is 0 Å². The molecule has 0 aromatic heterocycles. The molecule has 1 rings (SSSR count). The lowest BCUT2D eigenvalue weighted by molar-refractivity contribution is 0.275. The van der Waals surface area contributed by atoms with E-state index in [1.54, 1.807) is 12.1 Å². The van der Waals surface area contributed by atoms with Gasteiger partial charge < -0.3 is 5.11 Å². The van der Waals surface area contributed by atoms with E-state index in [-0.39, 0.29) is 24.5 Å². The number of hydrogen-bond donors (Lipinski definition) is 1. The van der Waals surface area contributed by atoms with Gasteiger partial charge in [0.2, 0.25) is 10.0 Å². The Balaban J connectivity index is 2.88. The third-order valence-electron chi connectivity index (χ3n) is 2.55. The molecule has 0 radical (unpaired) electrons. The Morgan fingerprint density at radius 2 is 1.94 bits per heavy atom. The van der Waals surface area contributed by atoms with Crippen LogP contribution in [0, 0.1) is 11.3 Å². The Labute approximate surface area is 107 Å². The van der Waals surface area contributed by atoms with Crippen molar-refractivity contribution in [2.75, 3.05) is 20.2 Å². The van der Waals surface area contributed by atoms with Gasteiger partial charge in [0.05, 0.1) is 17.4 Å². The average molecular weight is 268 g/mol. The van der Waals surface area contributed by atoms with E-state index in [4.69, 9.17) is 10.4 Å². The molecule has 18 heavy (non-hydrogen) atoms. The van der Waals surface area contributed by atoms with E-state index in [0.29, 0.717) is 6.42 Å². The van der Waals surface area contributed by atoms with Gasteiger partial charge in [-0.2, -0.15) is 5.26 Å². The van der Waals surface area contributed by atoms with E-state index in [1.807, 2.05) is 6.07 Å². The first kappa shape index (κ1) is 14.6. The number of benzene rings is 1. The Kier molecular flexibility index (Phi) is 5.28. The van der Waals surface area contributed by atoms with Gasteiger partial charge in [-0.25, -0.2) is 12.7 Å². The van der Waals surface area contributed by atoms with Crippen LogP contribution in [0.15, 0.2) is 29.2 Å². The summed E-state index contributed by atoms with van der Waals surface area (Å²) in [6.07, 6.45) is 0.670. The van der Waals surface area contributed by atoms with Crippen molar-refractivity contribution in [3.8, 4) is 6.07 Å². The quantitative estimate of drug-likeness (QED) is 0.825. The lowest BCUT2D eigenvalue weighted by Crippen LogP contribution is -2.28. The third-order valence-corrected chi connectivity index (χ3v) is 4.42. The van der Waals surface area contributed by atoms with Crippen molar-refractivity contribution >= 4 is 10.0 Å². The molecule has 0 aliphatic heterocycles. The van der Waals surface area contributed by atoms with Crippen LogP contribution in [-0.2, 0) is 16.4 Å². The molecule has 0 bridgehead atoms. The maximum absolute atomic E-state index is 12.1. The number of sulfonamides is 1. The van der Waals surface area contributed by atoms with Gasteiger partial charge in [-0.3, -0.25) is 0 Å². The van der Waals surface area contributed by atoms with Crippen molar-refractivity contribution < 1.29 is 13.5 Å². The summed E-state index contributed by atoms with van der Waals surface area (Å²) >= 11 is 0. The Hall–Kier alpha value is -1.42. The fourth-order valence-corrected chi connectivity index (χ4v) is 2.67. The molecular formula is C12H16N2O3S. The van der Waals surface area contributed by atoms with Gasteiger partial charge in [0, 0.05) is 20.2 Å². The highest BCUT2D eigenvalue weighted by Gasteiger charge is 2.19. The fraction of sp³-hybridized carbons (Fsp3) is 0.417. The first-order valence-electron chi connectivity index (χ1n) is 5.55. The van der Waals surface area contributed by atoms with Gasteiger partial charge >= 0.3 is 0 Å². The molecule has 0 aliphatic rings. The van der Waals surface area contributed by atoms with E-state index in [1.165, 1.54) is 23.5 Å². The summed E-state index contributed by atoms with van der Waals surface area (Å²) in [7, 11) is -2.02. The van der Waals surface area contributed by atoms with Gasteiger partial charge in [0.15, 0.2) is 0 Å². The first-order valence-corrected chi connectivity index (χ1v) is 6.99. The molecule has 0 aliphatic carbocycles. The summed E-state index contributed by atoms with van der Waals surface area (Å²) in [5, 5.41) is 17.2. The highest BCUT2D eigenvalue weighted by Crippen LogP contribution is 2.15. The Morgan fingerprint density at radius 1 is 1.33 bits per heavy atom. The monoisotopic (exact) mass is 268 g/mol. The number of nitrogens with zero attached hydrogens (tertiary/aromatic N) is 2. The third kappa shape index (κ3) is 3.53. The van der Waals surface area contributed by atoms with E-state index in [0.717, 1.165) is 5.56 Å². The minimum Gasteiger partial charge on any atom is -0.396 e. The molecule has 0 amide bonds. The molecule has 1 aromatic carbocycles. The molecule has 6 heteroatoms. The van der Waals surface area contributed by atoms with Crippen molar-refractivity contribution in [3.05, 3.63) is 29.8 Å². The van der Waals surface area contributed by atoms with Crippen LogP contribution in [0.2, 0.25) is 0 Å². The average Bonchev–Trinajstić information content (AvgIpc) is 2.37. The second-order valence-electron chi connectivity index (χ2n) is 3.88. The number of hydrogen-bond acceptors (Lipinski definition) is 4. The zero-order valence-electron chi connectivity index (χ0n) is 10.2. The highest BCUT2D eigenvalue weighted by atomic mass is 32.2. The second kappa shape index (κ2) is 6.50. The van der Waals surface area contributed by atoms with Gasteiger partial charge in [0.1, 0.15) is 0 Å². The molecule has 0 atom stereocenters. The van der Waals surface area contributed by atoms with E-state index in [9.17, 15) is 8.42 Å². The van der Waals surface area contributed by atoms with Crippen LogP contribution < -0.4 is 0 Å². The summed E-state index contributed by atoms with van der Waals surface area (Å²) < 4.78 is 25.4. The van der Waals surface area contributed by atoms with Crippen molar-refractivity contribution in [2.24, 2.45) is 0 Å². The topological polar surface area (TPSA) is 81.4 Å². The largest absolute Gasteiger partial charge is 0.396 e.